The lowest BCUT2D eigenvalue weighted by Gasteiger charge is -2.18. The molecule has 0 heterocycles. The van der Waals surface area contributed by atoms with E-state index in [2.05, 4.69) is 20.8 Å². The molecule has 0 aromatic carbocycles. The van der Waals surface area contributed by atoms with Crippen LogP contribution in [0.15, 0.2) is 0 Å². The predicted molar refractivity (Wildman–Crippen MR) is 135 cm³/mol. The standard InChI is InChI=1S/C28H54O4/c1-4-7-10-13-15-17-20-23-27(29)31-25-26(22-19-12-9-6-3)32-28(30)24-21-18-16-14-11-8-5-2/h26H,4-25H2,1-3H3. The Balaban J connectivity index is 4.07. The van der Waals surface area contributed by atoms with Gasteiger partial charge >= 0.3 is 11.9 Å². The third-order valence-electron chi connectivity index (χ3n) is 6.08. The number of unbranched alkanes of at least 4 members (excludes halogenated alkanes) is 15. The van der Waals surface area contributed by atoms with Gasteiger partial charge in [0.2, 0.25) is 0 Å². The second kappa shape index (κ2) is 24.6. The zero-order valence-corrected chi connectivity index (χ0v) is 21.8. The summed E-state index contributed by atoms with van der Waals surface area (Å²) in [5.74, 6) is -0.289. The van der Waals surface area contributed by atoms with Gasteiger partial charge in [0, 0.05) is 12.8 Å². The van der Waals surface area contributed by atoms with Crippen LogP contribution >= 0.6 is 0 Å². The van der Waals surface area contributed by atoms with Gasteiger partial charge in [0.25, 0.3) is 0 Å². The minimum atomic E-state index is -0.290. The molecule has 0 aliphatic carbocycles. The second-order valence-electron chi connectivity index (χ2n) is 9.39. The van der Waals surface area contributed by atoms with Crippen molar-refractivity contribution in [1.29, 1.82) is 0 Å². The summed E-state index contributed by atoms with van der Waals surface area (Å²) in [6.07, 6.45) is 22.6. The van der Waals surface area contributed by atoms with Crippen LogP contribution in [-0.2, 0) is 19.1 Å². The lowest BCUT2D eigenvalue weighted by Crippen LogP contribution is -2.25. The Morgan fingerprint density at radius 3 is 1.44 bits per heavy atom. The van der Waals surface area contributed by atoms with E-state index in [0.29, 0.717) is 12.8 Å². The molecule has 0 N–H and O–H groups in total. The van der Waals surface area contributed by atoms with E-state index in [4.69, 9.17) is 9.47 Å². The maximum atomic E-state index is 12.3. The van der Waals surface area contributed by atoms with E-state index in [1.165, 1.54) is 77.0 Å². The SMILES string of the molecule is CCCCCCCCCC(=O)OCC(CCCCCC)OC(=O)CCCCCCCCC. The zero-order chi connectivity index (χ0) is 23.7. The molecule has 0 aliphatic heterocycles. The van der Waals surface area contributed by atoms with Gasteiger partial charge in [-0.3, -0.25) is 9.59 Å². The number of esters is 2. The van der Waals surface area contributed by atoms with Gasteiger partial charge in [0.05, 0.1) is 0 Å². The number of hydrogen-bond donors (Lipinski definition) is 0. The fourth-order valence-electron chi connectivity index (χ4n) is 3.93. The van der Waals surface area contributed by atoms with Gasteiger partial charge in [0.1, 0.15) is 12.7 Å². The summed E-state index contributed by atoms with van der Waals surface area (Å²) in [4.78, 5) is 24.4. The molecular weight excluding hydrogens is 400 g/mol. The van der Waals surface area contributed by atoms with Crippen molar-refractivity contribution < 1.29 is 19.1 Å². The quantitative estimate of drug-likeness (QED) is 0.108. The van der Waals surface area contributed by atoms with E-state index < -0.39 is 0 Å². The van der Waals surface area contributed by atoms with Gasteiger partial charge in [-0.15, -0.1) is 0 Å². The molecule has 0 rings (SSSR count). The molecule has 0 radical (unpaired) electrons. The highest BCUT2D eigenvalue weighted by atomic mass is 16.6. The van der Waals surface area contributed by atoms with Gasteiger partial charge in [-0.2, -0.15) is 0 Å². The van der Waals surface area contributed by atoms with Crippen LogP contribution in [-0.4, -0.2) is 24.6 Å². The lowest BCUT2D eigenvalue weighted by atomic mass is 10.1. The first kappa shape index (κ1) is 30.9. The molecule has 0 amide bonds. The average Bonchev–Trinajstić information content (AvgIpc) is 2.78. The summed E-state index contributed by atoms with van der Waals surface area (Å²) in [5.41, 5.74) is 0. The molecule has 1 atom stereocenters. The molecule has 1 unspecified atom stereocenters. The Bertz CT molecular complexity index is 422. The number of carbonyl (C=O) groups excluding carboxylic acids is 2. The maximum Gasteiger partial charge on any atom is 0.306 e. The molecule has 0 spiro atoms. The Labute approximate surface area is 199 Å². The molecule has 0 bridgehead atoms. The molecule has 0 aromatic rings. The lowest BCUT2D eigenvalue weighted by molar-refractivity contribution is -0.159. The first-order chi connectivity index (χ1) is 15.6. The van der Waals surface area contributed by atoms with E-state index in [0.717, 1.165) is 44.9 Å². The zero-order valence-electron chi connectivity index (χ0n) is 21.8. The molecule has 0 fully saturated rings. The fraction of sp³-hybridized carbons (Fsp3) is 0.929. The summed E-state index contributed by atoms with van der Waals surface area (Å²) in [5, 5.41) is 0. The summed E-state index contributed by atoms with van der Waals surface area (Å²) in [6, 6.07) is 0. The van der Waals surface area contributed by atoms with E-state index in [9.17, 15) is 9.59 Å². The van der Waals surface area contributed by atoms with Crippen molar-refractivity contribution in [2.24, 2.45) is 0 Å². The summed E-state index contributed by atoms with van der Waals surface area (Å²) in [7, 11) is 0. The van der Waals surface area contributed by atoms with E-state index in [1.807, 2.05) is 0 Å². The normalized spacial score (nSPS) is 12.0. The van der Waals surface area contributed by atoms with Gasteiger partial charge < -0.3 is 9.47 Å². The third kappa shape index (κ3) is 22.1. The minimum absolute atomic E-state index is 0.137. The molecule has 4 heteroatoms. The Morgan fingerprint density at radius 1 is 0.531 bits per heavy atom. The van der Waals surface area contributed by atoms with E-state index in [-0.39, 0.29) is 24.6 Å². The van der Waals surface area contributed by atoms with Crippen molar-refractivity contribution in [1.82, 2.24) is 0 Å². The summed E-state index contributed by atoms with van der Waals surface area (Å²) >= 11 is 0. The van der Waals surface area contributed by atoms with Gasteiger partial charge in [-0.1, -0.05) is 117 Å². The topological polar surface area (TPSA) is 52.6 Å². The smallest absolute Gasteiger partial charge is 0.306 e. The summed E-state index contributed by atoms with van der Waals surface area (Å²) in [6.45, 7) is 6.84. The van der Waals surface area contributed by atoms with Crippen molar-refractivity contribution in [3.63, 3.8) is 0 Å². The Kier molecular flexibility index (Phi) is 23.8. The Morgan fingerprint density at radius 2 is 0.938 bits per heavy atom. The third-order valence-corrected chi connectivity index (χ3v) is 6.08. The van der Waals surface area contributed by atoms with Crippen LogP contribution in [0.3, 0.4) is 0 Å². The molecule has 0 saturated carbocycles. The van der Waals surface area contributed by atoms with Crippen molar-refractivity contribution in [2.45, 2.75) is 162 Å². The van der Waals surface area contributed by atoms with Crippen LogP contribution in [0.1, 0.15) is 156 Å². The van der Waals surface area contributed by atoms with Crippen molar-refractivity contribution in [3.8, 4) is 0 Å². The molecule has 0 aromatic heterocycles. The largest absolute Gasteiger partial charge is 0.462 e. The van der Waals surface area contributed by atoms with Crippen LogP contribution in [0.4, 0.5) is 0 Å². The highest BCUT2D eigenvalue weighted by Crippen LogP contribution is 2.14. The number of ether oxygens (including phenoxy) is 2. The summed E-state index contributed by atoms with van der Waals surface area (Å²) < 4.78 is 11.2. The number of rotatable bonds is 24. The maximum absolute atomic E-state index is 12.3. The van der Waals surface area contributed by atoms with Crippen LogP contribution < -0.4 is 0 Å². The monoisotopic (exact) mass is 454 g/mol. The van der Waals surface area contributed by atoms with Crippen molar-refractivity contribution in [3.05, 3.63) is 0 Å². The minimum Gasteiger partial charge on any atom is -0.462 e. The van der Waals surface area contributed by atoms with Gasteiger partial charge in [-0.05, 0) is 25.7 Å². The fourth-order valence-corrected chi connectivity index (χ4v) is 3.93. The van der Waals surface area contributed by atoms with Crippen molar-refractivity contribution >= 4 is 11.9 Å². The van der Waals surface area contributed by atoms with Crippen molar-refractivity contribution in [2.75, 3.05) is 6.61 Å². The molecule has 32 heavy (non-hydrogen) atoms. The highest BCUT2D eigenvalue weighted by molar-refractivity contribution is 5.70. The predicted octanol–water partition coefficient (Wildman–Crippen LogP) is 8.69. The van der Waals surface area contributed by atoms with Crippen LogP contribution in [0.5, 0.6) is 0 Å². The van der Waals surface area contributed by atoms with Gasteiger partial charge in [-0.25, -0.2) is 0 Å². The van der Waals surface area contributed by atoms with E-state index >= 15 is 0 Å². The number of carbonyl (C=O) groups is 2. The molecular formula is C28H54O4. The first-order valence-electron chi connectivity index (χ1n) is 14.0. The van der Waals surface area contributed by atoms with Crippen LogP contribution in [0, 0.1) is 0 Å². The second-order valence-corrected chi connectivity index (χ2v) is 9.39. The van der Waals surface area contributed by atoms with Crippen LogP contribution in [0.25, 0.3) is 0 Å². The Hall–Kier alpha value is -1.06. The molecule has 0 aliphatic rings. The first-order valence-corrected chi connectivity index (χ1v) is 14.0. The molecule has 4 nitrogen and oxygen atoms in total. The molecule has 0 saturated heterocycles. The van der Waals surface area contributed by atoms with Gasteiger partial charge in [0.15, 0.2) is 0 Å². The number of hydrogen-bond acceptors (Lipinski definition) is 4. The van der Waals surface area contributed by atoms with E-state index in [1.54, 1.807) is 0 Å². The average molecular weight is 455 g/mol. The van der Waals surface area contributed by atoms with Crippen LogP contribution in [0.2, 0.25) is 0 Å². The molecule has 190 valence electrons. The highest BCUT2D eigenvalue weighted by Gasteiger charge is 2.16.